The second kappa shape index (κ2) is 4.22. The predicted molar refractivity (Wildman–Crippen MR) is 66.9 cm³/mol. The van der Waals surface area contributed by atoms with Crippen molar-refractivity contribution in [3.63, 3.8) is 0 Å². The van der Waals surface area contributed by atoms with Gasteiger partial charge in [0, 0.05) is 9.65 Å². The van der Waals surface area contributed by atoms with Gasteiger partial charge in [0.05, 0.1) is 0 Å². The molecule has 0 bridgehead atoms. The maximum atomic E-state index is 3.84. The maximum absolute atomic E-state index is 3.84. The van der Waals surface area contributed by atoms with Crippen LogP contribution in [-0.4, -0.2) is 9.65 Å². The van der Waals surface area contributed by atoms with Crippen LogP contribution in [0.2, 0.25) is 0 Å². The minimum Gasteiger partial charge on any atom is -0.0913 e. The molecule has 1 aliphatic carbocycles. The third-order valence-corrected chi connectivity index (χ3v) is 6.25. The Kier molecular flexibility index (Phi) is 3.91. The van der Waals surface area contributed by atoms with Crippen LogP contribution >= 0.6 is 31.9 Å². The van der Waals surface area contributed by atoms with E-state index in [1.54, 1.807) is 0 Å². The Bertz CT molecular complexity index is 161. The maximum Gasteiger partial charge on any atom is 0.0354 e. The minimum atomic E-state index is 0.398. The van der Waals surface area contributed by atoms with E-state index in [9.17, 15) is 0 Å². The van der Waals surface area contributed by atoms with Crippen molar-refractivity contribution in [3.8, 4) is 0 Å². The molecule has 13 heavy (non-hydrogen) atoms. The summed E-state index contributed by atoms with van der Waals surface area (Å²) in [6.07, 6.45) is 5.39. The summed E-state index contributed by atoms with van der Waals surface area (Å²) in [7, 11) is 0. The van der Waals surface area contributed by atoms with Crippen molar-refractivity contribution in [3.05, 3.63) is 0 Å². The zero-order chi connectivity index (χ0) is 10.1. The Labute approximate surface area is 99.1 Å². The quantitative estimate of drug-likeness (QED) is 0.613. The van der Waals surface area contributed by atoms with Crippen molar-refractivity contribution >= 4 is 31.9 Å². The molecule has 1 rings (SSSR count). The Morgan fingerprint density at radius 2 is 1.69 bits per heavy atom. The molecule has 0 aromatic heterocycles. The molecular formula is C11H20Br2. The summed E-state index contributed by atoms with van der Waals surface area (Å²) in [6, 6.07) is 0. The standard InChI is InChI=1S/C11H20Br2/c1-10(2,3)9-4-6-11(13,8-12)7-5-9/h9H,4-8H2,1-3H3. The summed E-state index contributed by atoms with van der Waals surface area (Å²) in [5, 5.41) is 1.09. The van der Waals surface area contributed by atoms with Crippen LogP contribution in [0, 0.1) is 11.3 Å². The molecule has 0 saturated heterocycles. The Morgan fingerprint density at radius 3 is 2.00 bits per heavy atom. The van der Waals surface area contributed by atoms with Gasteiger partial charge in [-0.25, -0.2) is 0 Å². The summed E-state index contributed by atoms with van der Waals surface area (Å²) in [4.78, 5) is 0. The van der Waals surface area contributed by atoms with Gasteiger partial charge in [0.25, 0.3) is 0 Å². The molecule has 1 aliphatic rings. The van der Waals surface area contributed by atoms with Crippen LogP contribution in [-0.2, 0) is 0 Å². The first-order chi connectivity index (χ1) is 5.87. The zero-order valence-corrected chi connectivity index (χ0v) is 12.0. The van der Waals surface area contributed by atoms with Crippen molar-refractivity contribution in [2.75, 3.05) is 5.33 Å². The van der Waals surface area contributed by atoms with Gasteiger partial charge in [0.15, 0.2) is 0 Å². The lowest BCUT2D eigenvalue weighted by molar-refractivity contribution is 0.168. The molecule has 0 nitrogen and oxygen atoms in total. The van der Waals surface area contributed by atoms with Gasteiger partial charge in [-0.3, -0.25) is 0 Å². The van der Waals surface area contributed by atoms with Crippen LogP contribution in [0.15, 0.2) is 0 Å². The van der Waals surface area contributed by atoms with E-state index in [0.29, 0.717) is 9.74 Å². The Morgan fingerprint density at radius 1 is 1.23 bits per heavy atom. The number of hydrogen-bond donors (Lipinski definition) is 0. The molecule has 0 amide bonds. The summed E-state index contributed by atoms with van der Waals surface area (Å²) in [5.74, 6) is 0.914. The van der Waals surface area contributed by atoms with Crippen molar-refractivity contribution in [2.45, 2.75) is 50.8 Å². The van der Waals surface area contributed by atoms with Gasteiger partial charge in [-0.05, 0) is 37.0 Å². The van der Waals surface area contributed by atoms with Gasteiger partial charge in [-0.1, -0.05) is 52.6 Å². The van der Waals surface area contributed by atoms with E-state index in [1.807, 2.05) is 0 Å². The summed E-state index contributed by atoms with van der Waals surface area (Å²) < 4.78 is 0.398. The normalized spacial score (nSPS) is 36.2. The van der Waals surface area contributed by atoms with Crippen molar-refractivity contribution in [2.24, 2.45) is 11.3 Å². The first-order valence-corrected chi connectivity index (χ1v) is 7.04. The van der Waals surface area contributed by atoms with Gasteiger partial charge in [0.1, 0.15) is 0 Å². The van der Waals surface area contributed by atoms with Gasteiger partial charge in [-0.2, -0.15) is 0 Å². The van der Waals surface area contributed by atoms with E-state index in [-0.39, 0.29) is 0 Å². The molecular weight excluding hydrogens is 292 g/mol. The lowest BCUT2D eigenvalue weighted by Crippen LogP contribution is -2.34. The average Bonchev–Trinajstić information content (AvgIpc) is 2.04. The van der Waals surface area contributed by atoms with Gasteiger partial charge < -0.3 is 0 Å². The topological polar surface area (TPSA) is 0 Å². The molecule has 0 radical (unpaired) electrons. The lowest BCUT2D eigenvalue weighted by Gasteiger charge is -2.40. The highest BCUT2D eigenvalue weighted by Crippen LogP contribution is 2.45. The number of halogens is 2. The molecule has 0 unspecified atom stereocenters. The molecule has 78 valence electrons. The predicted octanol–water partition coefficient (Wildman–Crippen LogP) is 4.75. The third-order valence-electron chi connectivity index (χ3n) is 3.35. The first kappa shape index (κ1) is 12.0. The smallest absolute Gasteiger partial charge is 0.0354 e. The molecule has 2 heteroatoms. The fourth-order valence-electron chi connectivity index (χ4n) is 2.13. The molecule has 1 saturated carbocycles. The second-order valence-electron chi connectivity index (χ2n) is 5.42. The molecule has 0 N–H and O–H groups in total. The van der Waals surface area contributed by atoms with Crippen molar-refractivity contribution in [1.29, 1.82) is 0 Å². The van der Waals surface area contributed by atoms with E-state index < -0.39 is 0 Å². The average molecular weight is 312 g/mol. The molecule has 0 atom stereocenters. The van der Waals surface area contributed by atoms with Crippen molar-refractivity contribution in [1.82, 2.24) is 0 Å². The largest absolute Gasteiger partial charge is 0.0913 e. The molecule has 0 heterocycles. The fourth-order valence-corrected chi connectivity index (χ4v) is 3.15. The highest BCUT2D eigenvalue weighted by atomic mass is 79.9. The van der Waals surface area contributed by atoms with Crippen LogP contribution < -0.4 is 0 Å². The number of alkyl halides is 2. The molecule has 0 aromatic rings. The molecule has 0 aromatic carbocycles. The minimum absolute atomic E-state index is 0.398. The first-order valence-electron chi connectivity index (χ1n) is 5.12. The van der Waals surface area contributed by atoms with E-state index in [1.165, 1.54) is 25.7 Å². The van der Waals surface area contributed by atoms with Crippen LogP contribution in [0.25, 0.3) is 0 Å². The van der Waals surface area contributed by atoms with E-state index in [4.69, 9.17) is 0 Å². The highest BCUT2D eigenvalue weighted by Gasteiger charge is 2.36. The summed E-state index contributed by atoms with van der Waals surface area (Å²) in [5.41, 5.74) is 0.501. The molecule has 0 spiro atoms. The van der Waals surface area contributed by atoms with E-state index in [2.05, 4.69) is 52.6 Å². The Hall–Kier alpha value is 0.960. The SMILES string of the molecule is CC(C)(C)C1CCC(Br)(CBr)CC1. The monoisotopic (exact) mass is 310 g/mol. The van der Waals surface area contributed by atoms with Crippen LogP contribution in [0.3, 0.4) is 0 Å². The Balaban J connectivity index is 2.48. The van der Waals surface area contributed by atoms with Gasteiger partial charge >= 0.3 is 0 Å². The number of hydrogen-bond acceptors (Lipinski definition) is 0. The summed E-state index contributed by atoms with van der Waals surface area (Å²) >= 11 is 7.43. The van der Waals surface area contributed by atoms with Crippen molar-refractivity contribution < 1.29 is 0 Å². The highest BCUT2D eigenvalue weighted by molar-refractivity contribution is 9.12. The van der Waals surface area contributed by atoms with Crippen LogP contribution in [0.5, 0.6) is 0 Å². The van der Waals surface area contributed by atoms with Gasteiger partial charge in [0.2, 0.25) is 0 Å². The number of rotatable bonds is 1. The fraction of sp³-hybridized carbons (Fsp3) is 1.00. The lowest BCUT2D eigenvalue weighted by atomic mass is 9.70. The second-order valence-corrected chi connectivity index (χ2v) is 7.67. The zero-order valence-electron chi connectivity index (χ0n) is 8.87. The molecule has 1 fully saturated rings. The van der Waals surface area contributed by atoms with E-state index in [0.717, 1.165) is 11.2 Å². The van der Waals surface area contributed by atoms with Gasteiger partial charge in [-0.15, -0.1) is 0 Å². The van der Waals surface area contributed by atoms with E-state index >= 15 is 0 Å². The third kappa shape index (κ3) is 3.23. The molecule has 0 aliphatic heterocycles. The summed E-state index contributed by atoms with van der Waals surface area (Å²) in [6.45, 7) is 7.10. The van der Waals surface area contributed by atoms with Crippen LogP contribution in [0.4, 0.5) is 0 Å². The van der Waals surface area contributed by atoms with Crippen LogP contribution in [0.1, 0.15) is 46.5 Å².